The van der Waals surface area contributed by atoms with E-state index in [-0.39, 0.29) is 17.2 Å². The van der Waals surface area contributed by atoms with E-state index in [1.807, 2.05) is 0 Å². The number of nitrogens with zero attached hydrogens (tertiary/aromatic N) is 1. The first-order valence-corrected chi connectivity index (χ1v) is 7.75. The van der Waals surface area contributed by atoms with Crippen LogP contribution in [-0.4, -0.2) is 49.2 Å². The SMILES string of the molecule is COc1cccc(OC)c1C(=O)N1CCC2(CC1)CC2C(=O)O. The number of aliphatic carboxylic acids is 1. The number of methoxy groups -OCH3 is 2. The van der Waals surface area contributed by atoms with Crippen LogP contribution in [0.2, 0.25) is 0 Å². The molecule has 1 N–H and O–H groups in total. The number of carboxylic acid groups (broad SMARTS) is 1. The molecule has 23 heavy (non-hydrogen) atoms. The number of likely N-dealkylation sites (tertiary alicyclic amines) is 1. The van der Waals surface area contributed by atoms with Crippen molar-refractivity contribution in [1.29, 1.82) is 0 Å². The Balaban J connectivity index is 1.75. The number of amides is 1. The van der Waals surface area contributed by atoms with Crippen LogP contribution in [0.25, 0.3) is 0 Å². The Bertz CT molecular complexity index is 612. The zero-order valence-corrected chi connectivity index (χ0v) is 13.4. The second kappa shape index (κ2) is 5.76. The van der Waals surface area contributed by atoms with Gasteiger partial charge in [-0.3, -0.25) is 9.59 Å². The standard InChI is InChI=1S/C17H21NO5/c1-22-12-4-3-5-13(23-2)14(12)15(19)18-8-6-17(7-9-18)10-11(17)16(20)21/h3-5,11H,6-10H2,1-2H3,(H,20,21). The van der Waals surface area contributed by atoms with Gasteiger partial charge in [0.05, 0.1) is 20.1 Å². The molecule has 0 aromatic heterocycles. The maximum Gasteiger partial charge on any atom is 0.307 e. The maximum absolute atomic E-state index is 12.9. The molecule has 1 saturated heterocycles. The fourth-order valence-corrected chi connectivity index (χ4v) is 3.62. The summed E-state index contributed by atoms with van der Waals surface area (Å²) < 4.78 is 10.6. The molecule has 1 saturated carbocycles. The number of ether oxygens (including phenoxy) is 2. The molecule has 1 unspecified atom stereocenters. The van der Waals surface area contributed by atoms with Crippen LogP contribution in [0.4, 0.5) is 0 Å². The topological polar surface area (TPSA) is 76.1 Å². The molecule has 1 aliphatic carbocycles. The third-order valence-corrected chi connectivity index (χ3v) is 5.18. The van der Waals surface area contributed by atoms with Gasteiger partial charge >= 0.3 is 5.97 Å². The van der Waals surface area contributed by atoms with E-state index in [1.165, 1.54) is 14.2 Å². The summed E-state index contributed by atoms with van der Waals surface area (Å²) in [6.07, 6.45) is 2.22. The van der Waals surface area contributed by atoms with Crippen LogP contribution in [0.3, 0.4) is 0 Å². The largest absolute Gasteiger partial charge is 0.496 e. The van der Waals surface area contributed by atoms with Crippen LogP contribution < -0.4 is 9.47 Å². The van der Waals surface area contributed by atoms with Crippen LogP contribution in [0.5, 0.6) is 11.5 Å². The zero-order valence-electron chi connectivity index (χ0n) is 13.4. The average molecular weight is 319 g/mol. The molecule has 1 atom stereocenters. The van der Waals surface area contributed by atoms with Gasteiger partial charge in [0.1, 0.15) is 17.1 Å². The molecule has 1 spiro atoms. The van der Waals surface area contributed by atoms with Gasteiger partial charge in [-0.15, -0.1) is 0 Å². The highest BCUT2D eigenvalue weighted by molar-refractivity contribution is 5.99. The highest BCUT2D eigenvalue weighted by Crippen LogP contribution is 2.59. The lowest BCUT2D eigenvalue weighted by atomic mass is 9.90. The Kier molecular flexibility index (Phi) is 3.92. The Morgan fingerprint density at radius 1 is 1.17 bits per heavy atom. The van der Waals surface area contributed by atoms with Gasteiger partial charge in [-0.25, -0.2) is 0 Å². The van der Waals surface area contributed by atoms with Gasteiger partial charge in [0.15, 0.2) is 0 Å². The summed E-state index contributed by atoms with van der Waals surface area (Å²) in [4.78, 5) is 25.7. The monoisotopic (exact) mass is 319 g/mol. The molecule has 6 nitrogen and oxygen atoms in total. The van der Waals surface area contributed by atoms with Gasteiger partial charge in [-0.05, 0) is 36.8 Å². The molecule has 1 aromatic carbocycles. The van der Waals surface area contributed by atoms with Gasteiger partial charge in [0.25, 0.3) is 5.91 Å². The number of rotatable bonds is 4. The van der Waals surface area contributed by atoms with E-state index >= 15 is 0 Å². The van der Waals surface area contributed by atoms with Crippen molar-refractivity contribution in [1.82, 2.24) is 4.90 Å². The summed E-state index contributed by atoms with van der Waals surface area (Å²) in [5, 5.41) is 9.15. The molecule has 1 heterocycles. The summed E-state index contributed by atoms with van der Waals surface area (Å²) in [5.74, 6) is -0.0904. The third-order valence-electron chi connectivity index (χ3n) is 5.18. The minimum absolute atomic E-state index is 0.0898. The molecule has 6 heteroatoms. The average Bonchev–Trinajstić information content (AvgIpc) is 3.28. The first-order valence-electron chi connectivity index (χ1n) is 7.75. The predicted octanol–water partition coefficient (Wildman–Crippen LogP) is 2.03. The van der Waals surface area contributed by atoms with E-state index in [0.29, 0.717) is 30.2 Å². The molecule has 1 aliphatic heterocycles. The fourth-order valence-electron chi connectivity index (χ4n) is 3.62. The molecule has 1 aromatic rings. The lowest BCUT2D eigenvalue weighted by Gasteiger charge is -2.33. The quantitative estimate of drug-likeness (QED) is 0.919. The summed E-state index contributed by atoms with van der Waals surface area (Å²) in [6.45, 7) is 1.15. The van der Waals surface area contributed by atoms with Crippen LogP contribution in [0.15, 0.2) is 18.2 Å². The Labute approximate surface area is 135 Å². The summed E-state index contributed by atoms with van der Waals surface area (Å²) >= 11 is 0. The highest BCUT2D eigenvalue weighted by atomic mass is 16.5. The first kappa shape index (κ1) is 15.6. The van der Waals surface area contributed by atoms with Crippen molar-refractivity contribution >= 4 is 11.9 Å². The summed E-state index contributed by atoms with van der Waals surface area (Å²) in [5.41, 5.74) is 0.340. The Morgan fingerprint density at radius 3 is 2.17 bits per heavy atom. The van der Waals surface area contributed by atoms with Crippen LogP contribution >= 0.6 is 0 Å². The van der Waals surface area contributed by atoms with Crippen molar-refractivity contribution < 1.29 is 24.2 Å². The van der Waals surface area contributed by atoms with Crippen LogP contribution in [0.1, 0.15) is 29.6 Å². The smallest absolute Gasteiger partial charge is 0.307 e. The molecule has 0 radical (unpaired) electrons. The van der Waals surface area contributed by atoms with Crippen molar-refractivity contribution in [3.8, 4) is 11.5 Å². The molecule has 3 rings (SSSR count). The van der Waals surface area contributed by atoms with E-state index in [2.05, 4.69) is 0 Å². The molecular formula is C17H21NO5. The first-order chi connectivity index (χ1) is 11.0. The van der Waals surface area contributed by atoms with Gasteiger partial charge in [0.2, 0.25) is 0 Å². The number of piperidine rings is 1. The predicted molar refractivity (Wildman–Crippen MR) is 82.9 cm³/mol. The lowest BCUT2D eigenvalue weighted by molar-refractivity contribution is -0.139. The number of carboxylic acids is 1. The van der Waals surface area contributed by atoms with Gasteiger partial charge in [-0.2, -0.15) is 0 Å². The lowest BCUT2D eigenvalue weighted by Crippen LogP contribution is -2.40. The molecule has 1 amide bonds. The molecular weight excluding hydrogens is 298 g/mol. The Morgan fingerprint density at radius 2 is 1.74 bits per heavy atom. The van der Waals surface area contributed by atoms with E-state index in [4.69, 9.17) is 14.6 Å². The maximum atomic E-state index is 12.9. The minimum Gasteiger partial charge on any atom is -0.496 e. The Hall–Kier alpha value is -2.24. The van der Waals surface area contributed by atoms with Gasteiger partial charge < -0.3 is 19.5 Å². The molecule has 0 bridgehead atoms. The number of hydrogen-bond acceptors (Lipinski definition) is 4. The third kappa shape index (κ3) is 2.62. The summed E-state index contributed by atoms with van der Waals surface area (Å²) in [6, 6.07) is 5.26. The van der Waals surface area contributed by atoms with E-state index in [9.17, 15) is 9.59 Å². The van der Waals surface area contributed by atoms with Gasteiger partial charge in [-0.1, -0.05) is 6.07 Å². The van der Waals surface area contributed by atoms with Gasteiger partial charge in [0, 0.05) is 13.1 Å². The molecule has 2 fully saturated rings. The van der Waals surface area contributed by atoms with E-state index in [1.54, 1.807) is 23.1 Å². The van der Waals surface area contributed by atoms with Crippen LogP contribution in [-0.2, 0) is 4.79 Å². The number of carbonyl (C=O) groups excluding carboxylic acids is 1. The van der Waals surface area contributed by atoms with Crippen LogP contribution in [0, 0.1) is 11.3 Å². The number of hydrogen-bond donors (Lipinski definition) is 1. The molecule has 2 aliphatic rings. The van der Waals surface area contributed by atoms with Crippen molar-refractivity contribution in [3.63, 3.8) is 0 Å². The van der Waals surface area contributed by atoms with Crippen molar-refractivity contribution in [2.75, 3.05) is 27.3 Å². The zero-order chi connectivity index (χ0) is 16.6. The van der Waals surface area contributed by atoms with E-state index < -0.39 is 5.97 Å². The van der Waals surface area contributed by atoms with Crippen molar-refractivity contribution in [2.45, 2.75) is 19.3 Å². The fraction of sp³-hybridized carbons (Fsp3) is 0.529. The van der Waals surface area contributed by atoms with E-state index in [0.717, 1.165) is 19.3 Å². The number of carbonyl (C=O) groups is 2. The van der Waals surface area contributed by atoms with Crippen molar-refractivity contribution in [3.05, 3.63) is 23.8 Å². The number of benzene rings is 1. The van der Waals surface area contributed by atoms with Crippen molar-refractivity contribution in [2.24, 2.45) is 11.3 Å². The minimum atomic E-state index is -0.712. The second-order valence-electron chi connectivity index (χ2n) is 6.29. The summed E-state index contributed by atoms with van der Waals surface area (Å²) in [7, 11) is 3.05. The highest BCUT2D eigenvalue weighted by Gasteiger charge is 2.59. The second-order valence-corrected chi connectivity index (χ2v) is 6.29. The molecule has 124 valence electrons. The normalized spacial score (nSPS) is 21.8.